The number of aromatic hydroxyl groups is 1. The van der Waals surface area contributed by atoms with Crippen LogP contribution in [-0.4, -0.2) is 16.6 Å². The molecule has 3 rings (SSSR count). The molecular weight excluding hydrogens is 294 g/mol. The first-order valence-electron chi connectivity index (χ1n) is 6.80. The molecule has 0 aliphatic rings. The number of fused-ring (bicyclic) bond motifs is 1. The van der Waals surface area contributed by atoms with E-state index in [1.54, 1.807) is 6.07 Å². The molecule has 1 heterocycles. The van der Waals surface area contributed by atoms with Crippen LogP contribution in [0.5, 0.6) is 5.75 Å². The lowest BCUT2D eigenvalue weighted by atomic mass is 10.2. The number of nitrogens with one attached hydrogen (secondary N) is 1. The van der Waals surface area contributed by atoms with Gasteiger partial charge < -0.3 is 16.2 Å². The minimum absolute atomic E-state index is 0.112. The van der Waals surface area contributed by atoms with Crippen molar-refractivity contribution in [2.75, 3.05) is 17.6 Å². The molecule has 0 atom stereocenters. The molecular formula is C17H15N3OS. The zero-order chi connectivity index (χ0) is 15.5. The second-order valence-corrected chi connectivity index (χ2v) is 5.98. The molecule has 0 fully saturated rings. The molecule has 4 N–H and O–H groups in total. The van der Waals surface area contributed by atoms with Crippen LogP contribution in [0.15, 0.2) is 36.4 Å². The molecule has 1 aromatic heterocycles. The summed E-state index contributed by atoms with van der Waals surface area (Å²) in [4.78, 5) is 4.08. The highest BCUT2D eigenvalue weighted by Crippen LogP contribution is 2.31. The number of rotatable bonds is 2. The summed E-state index contributed by atoms with van der Waals surface area (Å²) in [5.74, 6) is 6.20. The van der Waals surface area contributed by atoms with Crippen molar-refractivity contribution < 1.29 is 5.11 Å². The standard InChI is InChI=1S/C17H15N3OS/c1-11-4-2-6-13(8-11)19-7-3-5-12-9-14(21)16-15(10-12)22-17(18)20-16/h2,4,6,8-10,19,21H,7H2,1H3,(H2,18,20). The fourth-order valence-electron chi connectivity index (χ4n) is 2.15. The Morgan fingerprint density at radius 3 is 3.00 bits per heavy atom. The fraction of sp³-hybridized carbons (Fsp3) is 0.118. The number of phenols is 1. The van der Waals surface area contributed by atoms with Gasteiger partial charge in [0.1, 0.15) is 11.3 Å². The normalized spacial score (nSPS) is 10.2. The summed E-state index contributed by atoms with van der Waals surface area (Å²) in [6.45, 7) is 2.59. The quantitative estimate of drug-likeness (QED) is 0.635. The average molecular weight is 309 g/mol. The first-order chi connectivity index (χ1) is 10.6. The third-order valence-electron chi connectivity index (χ3n) is 3.12. The summed E-state index contributed by atoms with van der Waals surface area (Å²) in [6, 6.07) is 11.6. The predicted octanol–water partition coefficient (Wildman–Crippen LogP) is 3.36. The van der Waals surface area contributed by atoms with Gasteiger partial charge in [0.15, 0.2) is 5.13 Å². The highest BCUT2D eigenvalue weighted by Gasteiger charge is 2.07. The van der Waals surface area contributed by atoms with Gasteiger partial charge in [0.05, 0.1) is 11.2 Å². The van der Waals surface area contributed by atoms with Gasteiger partial charge in [-0.05, 0) is 36.8 Å². The van der Waals surface area contributed by atoms with Crippen molar-refractivity contribution in [1.82, 2.24) is 4.98 Å². The van der Waals surface area contributed by atoms with Crippen molar-refractivity contribution in [3.63, 3.8) is 0 Å². The number of hydrogen-bond acceptors (Lipinski definition) is 5. The molecule has 5 heteroatoms. The Bertz CT molecular complexity index is 890. The summed E-state index contributed by atoms with van der Waals surface area (Å²) in [5, 5.41) is 13.6. The number of anilines is 2. The highest BCUT2D eigenvalue weighted by molar-refractivity contribution is 7.22. The van der Waals surface area contributed by atoms with Crippen LogP contribution in [0.1, 0.15) is 11.1 Å². The maximum absolute atomic E-state index is 9.94. The summed E-state index contributed by atoms with van der Waals surface area (Å²) in [5.41, 5.74) is 9.19. The van der Waals surface area contributed by atoms with E-state index in [1.165, 1.54) is 16.9 Å². The Balaban J connectivity index is 1.74. The van der Waals surface area contributed by atoms with E-state index in [2.05, 4.69) is 41.2 Å². The van der Waals surface area contributed by atoms with Crippen molar-refractivity contribution >= 4 is 32.4 Å². The van der Waals surface area contributed by atoms with Crippen LogP contribution in [0.25, 0.3) is 10.2 Å². The van der Waals surface area contributed by atoms with Crippen molar-refractivity contribution in [1.29, 1.82) is 0 Å². The van der Waals surface area contributed by atoms with Crippen molar-refractivity contribution in [3.05, 3.63) is 47.5 Å². The molecule has 0 bridgehead atoms. The van der Waals surface area contributed by atoms with Crippen molar-refractivity contribution in [3.8, 4) is 17.6 Å². The lowest BCUT2D eigenvalue weighted by molar-refractivity contribution is 0.480. The third-order valence-corrected chi connectivity index (χ3v) is 3.95. The molecule has 2 aromatic carbocycles. The Morgan fingerprint density at radius 2 is 2.18 bits per heavy atom. The van der Waals surface area contributed by atoms with Gasteiger partial charge in [0.2, 0.25) is 0 Å². The van der Waals surface area contributed by atoms with Gasteiger partial charge in [0.25, 0.3) is 0 Å². The molecule has 0 unspecified atom stereocenters. The fourth-order valence-corrected chi connectivity index (χ4v) is 2.94. The van der Waals surface area contributed by atoms with Gasteiger partial charge in [-0.25, -0.2) is 4.98 Å². The van der Waals surface area contributed by atoms with Gasteiger partial charge >= 0.3 is 0 Å². The van der Waals surface area contributed by atoms with E-state index in [4.69, 9.17) is 5.73 Å². The third kappa shape index (κ3) is 3.13. The number of nitrogen functional groups attached to an aromatic ring is 1. The predicted molar refractivity (Wildman–Crippen MR) is 92.2 cm³/mol. The van der Waals surface area contributed by atoms with Gasteiger partial charge in [-0.1, -0.05) is 35.3 Å². The van der Waals surface area contributed by atoms with Crippen LogP contribution < -0.4 is 11.1 Å². The smallest absolute Gasteiger partial charge is 0.181 e. The van der Waals surface area contributed by atoms with Crippen LogP contribution in [0, 0.1) is 18.8 Å². The first kappa shape index (κ1) is 14.2. The van der Waals surface area contributed by atoms with Gasteiger partial charge in [-0.2, -0.15) is 0 Å². The average Bonchev–Trinajstić information content (AvgIpc) is 2.85. The summed E-state index contributed by atoms with van der Waals surface area (Å²) in [7, 11) is 0. The van der Waals surface area contributed by atoms with Crippen molar-refractivity contribution in [2.45, 2.75) is 6.92 Å². The largest absolute Gasteiger partial charge is 0.506 e. The number of phenolic OH excluding ortho intramolecular Hbond substituents is 1. The van der Waals surface area contributed by atoms with E-state index >= 15 is 0 Å². The van der Waals surface area contributed by atoms with E-state index in [9.17, 15) is 5.11 Å². The van der Waals surface area contributed by atoms with Crippen LogP contribution in [0.3, 0.4) is 0 Å². The minimum atomic E-state index is 0.112. The Kier molecular flexibility index (Phi) is 3.86. The Morgan fingerprint density at radius 1 is 1.32 bits per heavy atom. The maximum atomic E-state index is 9.94. The van der Waals surface area contributed by atoms with Crippen LogP contribution in [-0.2, 0) is 0 Å². The van der Waals surface area contributed by atoms with E-state index in [-0.39, 0.29) is 5.75 Å². The molecule has 0 aliphatic heterocycles. The summed E-state index contributed by atoms with van der Waals surface area (Å²) >= 11 is 1.34. The van der Waals surface area contributed by atoms with E-state index in [0.29, 0.717) is 17.2 Å². The Labute approximate surface area is 132 Å². The number of benzene rings is 2. The van der Waals surface area contributed by atoms with E-state index < -0.39 is 0 Å². The first-order valence-corrected chi connectivity index (χ1v) is 7.62. The zero-order valence-electron chi connectivity index (χ0n) is 12.1. The monoisotopic (exact) mass is 309 g/mol. The molecule has 3 aromatic rings. The topological polar surface area (TPSA) is 71.2 Å². The van der Waals surface area contributed by atoms with Crippen molar-refractivity contribution in [2.24, 2.45) is 0 Å². The number of thiazole rings is 1. The number of nitrogens with zero attached hydrogens (tertiary/aromatic N) is 1. The Hall–Kier alpha value is -2.71. The van der Waals surface area contributed by atoms with Crippen LogP contribution >= 0.6 is 11.3 Å². The molecule has 0 radical (unpaired) electrons. The van der Waals surface area contributed by atoms with E-state index in [1.807, 2.05) is 18.2 Å². The molecule has 0 aliphatic carbocycles. The van der Waals surface area contributed by atoms with E-state index in [0.717, 1.165) is 16.0 Å². The minimum Gasteiger partial charge on any atom is -0.506 e. The number of nitrogens with two attached hydrogens (primary N) is 1. The second-order valence-electron chi connectivity index (χ2n) is 4.92. The molecule has 0 spiro atoms. The van der Waals surface area contributed by atoms with Gasteiger partial charge in [-0.3, -0.25) is 0 Å². The zero-order valence-corrected chi connectivity index (χ0v) is 12.9. The van der Waals surface area contributed by atoms with Gasteiger partial charge in [-0.15, -0.1) is 0 Å². The number of aryl methyl sites for hydroxylation is 1. The molecule has 110 valence electrons. The molecule has 4 nitrogen and oxygen atoms in total. The summed E-state index contributed by atoms with van der Waals surface area (Å²) < 4.78 is 0.841. The SMILES string of the molecule is Cc1cccc(NCC#Cc2cc(O)c3nc(N)sc3c2)c1. The number of aromatic nitrogens is 1. The lowest BCUT2D eigenvalue weighted by Gasteiger charge is -2.02. The molecule has 0 saturated carbocycles. The summed E-state index contributed by atoms with van der Waals surface area (Å²) in [6.07, 6.45) is 0. The molecule has 0 amide bonds. The highest BCUT2D eigenvalue weighted by atomic mass is 32.1. The molecule has 22 heavy (non-hydrogen) atoms. The van der Waals surface area contributed by atoms with Crippen LogP contribution in [0.4, 0.5) is 10.8 Å². The maximum Gasteiger partial charge on any atom is 0.181 e. The number of hydrogen-bond donors (Lipinski definition) is 3. The van der Waals surface area contributed by atoms with Gasteiger partial charge in [0, 0.05) is 11.3 Å². The lowest BCUT2D eigenvalue weighted by Crippen LogP contribution is -1.98. The second kappa shape index (κ2) is 5.96. The molecule has 0 saturated heterocycles. The van der Waals surface area contributed by atoms with Crippen LogP contribution in [0.2, 0.25) is 0 Å².